The van der Waals surface area contributed by atoms with Crippen molar-refractivity contribution in [3.8, 4) is 5.82 Å². The fourth-order valence-electron chi connectivity index (χ4n) is 2.00. The van der Waals surface area contributed by atoms with Crippen molar-refractivity contribution in [1.29, 1.82) is 0 Å². The van der Waals surface area contributed by atoms with Gasteiger partial charge in [-0.25, -0.2) is 23.1 Å². The Morgan fingerprint density at radius 1 is 1.21 bits per heavy atom. The Hall–Kier alpha value is -2.50. The van der Waals surface area contributed by atoms with Crippen molar-refractivity contribution in [3.05, 3.63) is 58.1 Å². The largest absolute Gasteiger partial charge is 0.332 e. The lowest BCUT2D eigenvalue weighted by molar-refractivity contribution is 0.514. The van der Waals surface area contributed by atoms with Crippen molar-refractivity contribution in [2.75, 3.05) is 0 Å². The van der Waals surface area contributed by atoms with E-state index in [1.54, 1.807) is 25.1 Å². The number of imidazole rings is 1. The number of aryl methyl sites for hydroxylation is 1. The predicted molar refractivity (Wildman–Crippen MR) is 66.3 cm³/mol. The predicted octanol–water partition coefficient (Wildman–Crippen LogP) is 2.30. The molecule has 0 spiro atoms. The van der Waals surface area contributed by atoms with E-state index in [-0.39, 0.29) is 16.9 Å². The number of nitrogens with zero attached hydrogens (tertiary/aromatic N) is 2. The lowest BCUT2D eigenvalue weighted by Crippen LogP contribution is -2.16. The minimum absolute atomic E-state index is 0.136. The molecule has 4 nitrogen and oxygen atoms in total. The third-order valence-electron chi connectivity index (χ3n) is 2.84. The van der Waals surface area contributed by atoms with Crippen molar-refractivity contribution in [2.45, 2.75) is 6.92 Å². The number of halogens is 2. The summed E-state index contributed by atoms with van der Waals surface area (Å²) in [5.74, 6) is -1.83. The van der Waals surface area contributed by atoms with E-state index in [0.717, 1.165) is 10.6 Å². The Morgan fingerprint density at radius 3 is 2.74 bits per heavy atom. The molecule has 2 heterocycles. The topological polar surface area (TPSA) is 50.7 Å². The summed E-state index contributed by atoms with van der Waals surface area (Å²) in [4.78, 5) is 18.5. The molecule has 0 aliphatic heterocycles. The van der Waals surface area contributed by atoms with Crippen molar-refractivity contribution in [2.24, 2.45) is 0 Å². The van der Waals surface area contributed by atoms with Gasteiger partial charge in [-0.05, 0) is 31.2 Å². The summed E-state index contributed by atoms with van der Waals surface area (Å²) in [6, 6.07) is 7.30. The molecule has 0 saturated heterocycles. The summed E-state index contributed by atoms with van der Waals surface area (Å²) < 4.78 is 28.2. The average molecular weight is 261 g/mol. The highest BCUT2D eigenvalue weighted by Gasteiger charge is 2.16. The number of aromatic amines is 1. The highest BCUT2D eigenvalue weighted by atomic mass is 19.2. The molecule has 0 bridgehead atoms. The fraction of sp³-hybridized carbons (Fsp3) is 0.0769. The standard InChI is InChI=1S/C13H9F2N3O/c1-7-3-2-4-10(16-7)18-12-9(17-13(18)19)6-5-8(14)11(12)15/h2-6H,1H3,(H,17,19). The van der Waals surface area contributed by atoms with Gasteiger partial charge in [-0.1, -0.05) is 6.07 Å². The van der Waals surface area contributed by atoms with E-state index in [4.69, 9.17) is 0 Å². The number of fused-ring (bicyclic) bond motifs is 1. The number of rotatable bonds is 1. The van der Waals surface area contributed by atoms with Gasteiger partial charge in [-0.2, -0.15) is 0 Å². The molecular formula is C13H9F2N3O. The number of pyridine rings is 1. The highest BCUT2D eigenvalue weighted by molar-refractivity contribution is 5.77. The molecular weight excluding hydrogens is 252 g/mol. The third-order valence-corrected chi connectivity index (χ3v) is 2.84. The van der Waals surface area contributed by atoms with E-state index in [1.807, 2.05) is 0 Å². The van der Waals surface area contributed by atoms with Gasteiger partial charge in [0.15, 0.2) is 11.6 Å². The van der Waals surface area contributed by atoms with Crippen LogP contribution in [0.5, 0.6) is 0 Å². The first kappa shape index (κ1) is 11.6. The zero-order valence-electron chi connectivity index (χ0n) is 9.95. The van der Waals surface area contributed by atoms with Gasteiger partial charge in [0.2, 0.25) is 0 Å². The number of hydrogen-bond donors (Lipinski definition) is 1. The van der Waals surface area contributed by atoms with E-state index in [9.17, 15) is 13.6 Å². The van der Waals surface area contributed by atoms with Crippen LogP contribution in [-0.4, -0.2) is 14.5 Å². The Labute approximate surface area is 106 Å². The Bertz CT molecular complexity index is 836. The third kappa shape index (κ3) is 1.72. The quantitative estimate of drug-likeness (QED) is 0.730. The molecule has 0 radical (unpaired) electrons. The normalized spacial score (nSPS) is 11.1. The van der Waals surface area contributed by atoms with Crippen molar-refractivity contribution < 1.29 is 8.78 Å². The molecule has 0 fully saturated rings. The number of aromatic nitrogens is 3. The van der Waals surface area contributed by atoms with Gasteiger partial charge in [0.1, 0.15) is 11.3 Å². The zero-order valence-corrected chi connectivity index (χ0v) is 9.95. The van der Waals surface area contributed by atoms with Gasteiger partial charge >= 0.3 is 5.69 Å². The van der Waals surface area contributed by atoms with Crippen LogP contribution < -0.4 is 5.69 Å². The number of hydrogen-bond acceptors (Lipinski definition) is 2. The lowest BCUT2D eigenvalue weighted by atomic mass is 10.3. The van der Waals surface area contributed by atoms with Crippen molar-refractivity contribution >= 4 is 11.0 Å². The molecule has 19 heavy (non-hydrogen) atoms. The first-order valence-corrected chi connectivity index (χ1v) is 5.60. The number of nitrogens with one attached hydrogen (secondary N) is 1. The maximum Gasteiger partial charge on any atom is 0.332 e. The molecule has 0 aliphatic rings. The first-order valence-electron chi connectivity index (χ1n) is 5.60. The highest BCUT2D eigenvalue weighted by Crippen LogP contribution is 2.20. The van der Waals surface area contributed by atoms with Crippen molar-refractivity contribution in [1.82, 2.24) is 14.5 Å². The van der Waals surface area contributed by atoms with Crippen LogP contribution >= 0.6 is 0 Å². The summed E-state index contributed by atoms with van der Waals surface area (Å²) in [5.41, 5.74) is 0.212. The molecule has 0 aliphatic carbocycles. The number of H-pyrrole nitrogens is 1. The van der Waals surface area contributed by atoms with E-state index < -0.39 is 17.3 Å². The average Bonchev–Trinajstić information content (AvgIpc) is 2.71. The van der Waals surface area contributed by atoms with Gasteiger partial charge in [-0.15, -0.1) is 0 Å². The van der Waals surface area contributed by atoms with Crippen LogP contribution in [0, 0.1) is 18.6 Å². The second-order valence-corrected chi connectivity index (χ2v) is 4.16. The van der Waals surface area contributed by atoms with Crippen LogP contribution in [0.25, 0.3) is 16.9 Å². The second kappa shape index (κ2) is 4.01. The molecule has 3 rings (SSSR count). The minimum Gasteiger partial charge on any atom is -0.305 e. The molecule has 0 saturated carbocycles. The monoisotopic (exact) mass is 261 g/mol. The molecule has 0 atom stereocenters. The van der Waals surface area contributed by atoms with Gasteiger partial charge in [-0.3, -0.25) is 0 Å². The Kier molecular flexibility index (Phi) is 2.45. The van der Waals surface area contributed by atoms with Crippen LogP contribution in [-0.2, 0) is 0 Å². The second-order valence-electron chi connectivity index (χ2n) is 4.16. The van der Waals surface area contributed by atoms with E-state index in [0.29, 0.717) is 5.69 Å². The molecule has 3 aromatic rings. The van der Waals surface area contributed by atoms with Gasteiger partial charge in [0, 0.05) is 5.69 Å². The van der Waals surface area contributed by atoms with Crippen LogP contribution in [0.15, 0.2) is 35.1 Å². The lowest BCUT2D eigenvalue weighted by Gasteiger charge is -2.04. The van der Waals surface area contributed by atoms with Gasteiger partial charge in [0.05, 0.1) is 5.52 Å². The van der Waals surface area contributed by atoms with Crippen LogP contribution in [0.2, 0.25) is 0 Å². The number of benzene rings is 1. The summed E-state index contributed by atoms with van der Waals surface area (Å²) in [6.45, 7) is 1.75. The van der Waals surface area contributed by atoms with E-state index in [1.165, 1.54) is 6.07 Å². The molecule has 96 valence electrons. The fourth-order valence-corrected chi connectivity index (χ4v) is 2.00. The molecule has 6 heteroatoms. The minimum atomic E-state index is -1.07. The zero-order chi connectivity index (χ0) is 13.6. The van der Waals surface area contributed by atoms with Crippen molar-refractivity contribution in [3.63, 3.8) is 0 Å². The molecule has 1 aromatic carbocycles. The maximum absolute atomic E-state index is 13.9. The molecule has 1 N–H and O–H groups in total. The smallest absolute Gasteiger partial charge is 0.305 e. The molecule has 0 amide bonds. The summed E-state index contributed by atoms with van der Waals surface area (Å²) in [6.07, 6.45) is 0. The summed E-state index contributed by atoms with van der Waals surface area (Å²) in [7, 11) is 0. The molecule has 0 unspecified atom stereocenters. The van der Waals surface area contributed by atoms with E-state index >= 15 is 0 Å². The SMILES string of the molecule is Cc1cccc(-n2c(=O)[nH]c3ccc(F)c(F)c32)n1. The summed E-state index contributed by atoms with van der Waals surface area (Å²) >= 11 is 0. The van der Waals surface area contributed by atoms with Crippen LogP contribution in [0.1, 0.15) is 5.69 Å². The Morgan fingerprint density at radius 2 is 2.00 bits per heavy atom. The van der Waals surface area contributed by atoms with Gasteiger partial charge in [0.25, 0.3) is 0 Å². The first-order chi connectivity index (χ1) is 9.08. The summed E-state index contributed by atoms with van der Waals surface area (Å²) in [5, 5.41) is 0. The maximum atomic E-state index is 13.9. The van der Waals surface area contributed by atoms with Gasteiger partial charge < -0.3 is 4.98 Å². The molecule has 2 aromatic heterocycles. The Balaban J connectivity index is 2.44. The van der Waals surface area contributed by atoms with Crippen LogP contribution in [0.3, 0.4) is 0 Å². The van der Waals surface area contributed by atoms with Crippen LogP contribution in [0.4, 0.5) is 8.78 Å². The van der Waals surface area contributed by atoms with E-state index in [2.05, 4.69) is 9.97 Å².